The van der Waals surface area contributed by atoms with Gasteiger partial charge in [0.2, 0.25) is 0 Å². The molecule has 0 N–H and O–H groups in total. The maximum absolute atomic E-state index is 3.34. The fourth-order valence-corrected chi connectivity index (χ4v) is 1.16. The molecule has 0 atom stereocenters. The number of alkyl halides is 1. The van der Waals surface area contributed by atoms with Crippen LogP contribution in [0.1, 0.15) is 5.56 Å². The first kappa shape index (κ1) is 8.54. The second-order valence-corrected chi connectivity index (χ2v) is 2.96. The number of hydrogen-bond acceptors (Lipinski definition) is 0. The van der Waals surface area contributed by atoms with Crippen molar-refractivity contribution >= 4 is 15.9 Å². The largest absolute Gasteiger partial charge is 0.0883 e. The van der Waals surface area contributed by atoms with Crippen LogP contribution in [-0.4, -0.2) is 5.33 Å². The molecule has 0 aliphatic heterocycles. The van der Waals surface area contributed by atoms with E-state index in [1.54, 1.807) is 0 Å². The zero-order valence-electron chi connectivity index (χ0n) is 6.33. The van der Waals surface area contributed by atoms with E-state index in [1.807, 2.05) is 6.07 Å². The Bertz CT molecular complexity index is 214. The van der Waals surface area contributed by atoms with Crippen LogP contribution in [0.3, 0.4) is 0 Å². The van der Waals surface area contributed by atoms with Crippen LogP contribution < -0.4 is 0 Å². The standard InChI is InChI=1S/C10H11Br/c11-9-5-4-8-10-6-2-1-3-7-10/h1-7H,8-9H2/b5-4+. The lowest BCUT2D eigenvalue weighted by atomic mass is 10.1. The normalized spacial score (nSPS) is 10.6. The summed E-state index contributed by atoms with van der Waals surface area (Å²) in [5.74, 6) is 0. The fraction of sp³-hybridized carbons (Fsp3) is 0.200. The van der Waals surface area contributed by atoms with Crippen molar-refractivity contribution in [3.05, 3.63) is 48.0 Å². The first-order valence-corrected chi connectivity index (χ1v) is 4.80. The van der Waals surface area contributed by atoms with Crippen molar-refractivity contribution in [2.24, 2.45) is 0 Å². The van der Waals surface area contributed by atoms with Gasteiger partial charge >= 0.3 is 0 Å². The van der Waals surface area contributed by atoms with E-state index in [9.17, 15) is 0 Å². The number of hydrogen-bond donors (Lipinski definition) is 0. The summed E-state index contributed by atoms with van der Waals surface area (Å²) in [7, 11) is 0. The van der Waals surface area contributed by atoms with Crippen LogP contribution in [0.5, 0.6) is 0 Å². The number of halogens is 1. The predicted octanol–water partition coefficient (Wildman–Crippen LogP) is 3.18. The molecule has 11 heavy (non-hydrogen) atoms. The quantitative estimate of drug-likeness (QED) is 0.532. The Hall–Kier alpha value is -0.560. The van der Waals surface area contributed by atoms with Crippen molar-refractivity contribution in [3.8, 4) is 0 Å². The first-order valence-electron chi connectivity index (χ1n) is 3.68. The number of benzene rings is 1. The SMILES string of the molecule is BrC/C=C/Cc1ccccc1. The summed E-state index contributed by atoms with van der Waals surface area (Å²) in [6.45, 7) is 0. The Labute approximate surface area is 76.1 Å². The maximum atomic E-state index is 3.34. The lowest BCUT2D eigenvalue weighted by molar-refractivity contribution is 1.27. The Morgan fingerprint density at radius 1 is 1.09 bits per heavy atom. The van der Waals surface area contributed by atoms with Crippen molar-refractivity contribution in [1.82, 2.24) is 0 Å². The van der Waals surface area contributed by atoms with E-state index in [0.717, 1.165) is 11.8 Å². The van der Waals surface area contributed by atoms with Gasteiger partial charge in [0, 0.05) is 5.33 Å². The van der Waals surface area contributed by atoms with Crippen LogP contribution >= 0.6 is 15.9 Å². The van der Waals surface area contributed by atoms with Gasteiger partial charge in [-0.25, -0.2) is 0 Å². The second-order valence-electron chi connectivity index (χ2n) is 2.32. The van der Waals surface area contributed by atoms with Crippen LogP contribution in [-0.2, 0) is 6.42 Å². The summed E-state index contributed by atoms with van der Waals surface area (Å²) >= 11 is 3.34. The Kier molecular flexibility index (Phi) is 3.99. The Morgan fingerprint density at radius 2 is 1.82 bits per heavy atom. The van der Waals surface area contributed by atoms with Crippen molar-refractivity contribution in [2.45, 2.75) is 6.42 Å². The van der Waals surface area contributed by atoms with Crippen molar-refractivity contribution in [1.29, 1.82) is 0 Å². The first-order chi connectivity index (χ1) is 5.43. The van der Waals surface area contributed by atoms with Gasteiger partial charge in [-0.05, 0) is 12.0 Å². The molecule has 0 fully saturated rings. The minimum Gasteiger partial charge on any atom is -0.0883 e. The molecule has 0 aliphatic carbocycles. The minimum atomic E-state index is 0.944. The zero-order valence-corrected chi connectivity index (χ0v) is 7.92. The molecule has 0 aliphatic rings. The molecule has 0 spiro atoms. The van der Waals surface area contributed by atoms with E-state index in [4.69, 9.17) is 0 Å². The van der Waals surface area contributed by atoms with E-state index >= 15 is 0 Å². The highest BCUT2D eigenvalue weighted by Gasteiger charge is 1.83. The topological polar surface area (TPSA) is 0 Å². The molecule has 1 rings (SSSR count). The molecule has 58 valence electrons. The Morgan fingerprint density at radius 3 is 2.45 bits per heavy atom. The molecule has 1 aromatic rings. The Balaban J connectivity index is 2.45. The van der Waals surface area contributed by atoms with Gasteiger partial charge in [0.1, 0.15) is 0 Å². The lowest BCUT2D eigenvalue weighted by Crippen LogP contribution is -1.77. The molecule has 0 nitrogen and oxygen atoms in total. The molecule has 0 radical (unpaired) electrons. The summed E-state index contributed by atoms with van der Waals surface area (Å²) in [6.07, 6.45) is 5.32. The van der Waals surface area contributed by atoms with Crippen LogP contribution in [0, 0.1) is 0 Å². The van der Waals surface area contributed by atoms with E-state index in [-0.39, 0.29) is 0 Å². The van der Waals surface area contributed by atoms with Crippen LogP contribution in [0.2, 0.25) is 0 Å². The molecule has 0 saturated carbocycles. The maximum Gasteiger partial charge on any atom is 0.0212 e. The van der Waals surface area contributed by atoms with E-state index in [2.05, 4.69) is 52.3 Å². The number of rotatable bonds is 3. The van der Waals surface area contributed by atoms with Gasteiger partial charge < -0.3 is 0 Å². The molecule has 0 amide bonds. The second kappa shape index (κ2) is 5.14. The third-order valence-electron chi connectivity index (χ3n) is 1.45. The molecule has 0 saturated heterocycles. The molecular formula is C10H11Br. The third kappa shape index (κ3) is 3.38. The average Bonchev–Trinajstić information content (AvgIpc) is 2.07. The van der Waals surface area contributed by atoms with Crippen LogP contribution in [0.25, 0.3) is 0 Å². The van der Waals surface area contributed by atoms with Crippen LogP contribution in [0.15, 0.2) is 42.5 Å². The third-order valence-corrected chi connectivity index (χ3v) is 1.83. The molecule has 1 aromatic carbocycles. The van der Waals surface area contributed by atoms with Gasteiger partial charge in [0.25, 0.3) is 0 Å². The molecule has 1 heteroatoms. The van der Waals surface area contributed by atoms with Gasteiger partial charge in [-0.3, -0.25) is 0 Å². The van der Waals surface area contributed by atoms with Crippen molar-refractivity contribution in [3.63, 3.8) is 0 Å². The van der Waals surface area contributed by atoms with E-state index < -0.39 is 0 Å². The molecule has 0 bridgehead atoms. The highest BCUT2D eigenvalue weighted by Crippen LogP contribution is 1.99. The number of allylic oxidation sites excluding steroid dienone is 2. The van der Waals surface area contributed by atoms with Gasteiger partial charge in [0.05, 0.1) is 0 Å². The van der Waals surface area contributed by atoms with Crippen LogP contribution in [0.4, 0.5) is 0 Å². The van der Waals surface area contributed by atoms with Gasteiger partial charge in [-0.2, -0.15) is 0 Å². The molecule has 0 heterocycles. The average molecular weight is 211 g/mol. The predicted molar refractivity (Wildman–Crippen MR) is 53.1 cm³/mol. The molecule has 0 aromatic heterocycles. The van der Waals surface area contributed by atoms with Gasteiger partial charge in [-0.15, -0.1) is 0 Å². The highest BCUT2D eigenvalue weighted by atomic mass is 79.9. The van der Waals surface area contributed by atoms with Crippen molar-refractivity contribution < 1.29 is 0 Å². The molecular weight excluding hydrogens is 200 g/mol. The summed E-state index contributed by atoms with van der Waals surface area (Å²) in [5, 5.41) is 0.944. The zero-order chi connectivity index (χ0) is 7.94. The molecule has 0 unspecified atom stereocenters. The summed E-state index contributed by atoms with van der Waals surface area (Å²) in [4.78, 5) is 0. The lowest BCUT2D eigenvalue weighted by Gasteiger charge is -1.92. The highest BCUT2D eigenvalue weighted by molar-refractivity contribution is 9.09. The summed E-state index contributed by atoms with van der Waals surface area (Å²) in [5.41, 5.74) is 1.37. The van der Waals surface area contributed by atoms with E-state index in [1.165, 1.54) is 5.56 Å². The van der Waals surface area contributed by atoms with Gasteiger partial charge in [0.15, 0.2) is 0 Å². The smallest absolute Gasteiger partial charge is 0.0212 e. The fourth-order valence-electron chi connectivity index (χ4n) is 0.897. The summed E-state index contributed by atoms with van der Waals surface area (Å²) < 4.78 is 0. The summed E-state index contributed by atoms with van der Waals surface area (Å²) in [6, 6.07) is 10.4. The van der Waals surface area contributed by atoms with Crippen molar-refractivity contribution in [2.75, 3.05) is 5.33 Å². The minimum absolute atomic E-state index is 0.944. The van der Waals surface area contributed by atoms with E-state index in [0.29, 0.717) is 0 Å². The van der Waals surface area contributed by atoms with Gasteiger partial charge in [-0.1, -0.05) is 58.4 Å². The monoisotopic (exact) mass is 210 g/mol.